The van der Waals surface area contributed by atoms with Crippen molar-refractivity contribution in [3.05, 3.63) is 29.2 Å². The topological polar surface area (TPSA) is 55.6 Å². The maximum atomic E-state index is 4.50. The molecule has 2 aromatic rings. The summed E-state index contributed by atoms with van der Waals surface area (Å²) in [7, 11) is 0. The molecule has 0 aromatic carbocycles. The molecule has 5 heteroatoms. The van der Waals surface area contributed by atoms with Gasteiger partial charge in [-0.05, 0) is 32.8 Å². The second kappa shape index (κ2) is 5.16. The molecule has 1 N–H and O–H groups in total. The first-order valence-electron chi connectivity index (χ1n) is 6.23. The molecule has 0 amide bonds. The minimum absolute atomic E-state index is 0.652. The van der Waals surface area contributed by atoms with E-state index in [-0.39, 0.29) is 0 Å². The monoisotopic (exact) mass is 245 g/mol. The summed E-state index contributed by atoms with van der Waals surface area (Å²) in [5, 5.41) is 7.68. The number of hydrogen-bond acceptors (Lipinski definition) is 4. The van der Waals surface area contributed by atoms with Gasteiger partial charge in [0.15, 0.2) is 5.82 Å². The Morgan fingerprint density at radius 1 is 1.28 bits per heavy atom. The van der Waals surface area contributed by atoms with Gasteiger partial charge in [-0.2, -0.15) is 10.1 Å². The van der Waals surface area contributed by atoms with Crippen LogP contribution in [-0.4, -0.2) is 26.3 Å². The Bertz CT molecular complexity index is 544. The van der Waals surface area contributed by atoms with Crippen LogP contribution < -0.4 is 5.32 Å². The van der Waals surface area contributed by atoms with Crippen LogP contribution >= 0.6 is 0 Å². The Labute approximate surface area is 107 Å². The fourth-order valence-corrected chi connectivity index (χ4v) is 1.73. The highest BCUT2D eigenvalue weighted by atomic mass is 15.3. The summed E-state index contributed by atoms with van der Waals surface area (Å²) in [5.41, 5.74) is 3.36. The van der Waals surface area contributed by atoms with E-state index in [0.29, 0.717) is 5.95 Å². The Kier molecular flexibility index (Phi) is 3.60. The minimum Gasteiger partial charge on any atom is -0.354 e. The first-order valence-corrected chi connectivity index (χ1v) is 6.23. The molecule has 2 rings (SSSR count). The van der Waals surface area contributed by atoms with Crippen LogP contribution in [0.25, 0.3) is 5.82 Å². The number of aromatic nitrogens is 4. The lowest BCUT2D eigenvalue weighted by Crippen LogP contribution is -2.08. The molecule has 0 fully saturated rings. The molecule has 0 atom stereocenters. The van der Waals surface area contributed by atoms with Crippen molar-refractivity contribution in [1.29, 1.82) is 0 Å². The van der Waals surface area contributed by atoms with Crippen LogP contribution in [0.3, 0.4) is 0 Å². The average Bonchev–Trinajstić information content (AvgIpc) is 2.64. The Hall–Kier alpha value is -1.91. The smallest absolute Gasteiger partial charge is 0.224 e. The average molecular weight is 245 g/mol. The van der Waals surface area contributed by atoms with E-state index in [2.05, 4.69) is 41.2 Å². The van der Waals surface area contributed by atoms with Crippen molar-refractivity contribution >= 4 is 5.95 Å². The molecule has 5 nitrogen and oxygen atoms in total. The highest BCUT2D eigenvalue weighted by Crippen LogP contribution is 2.15. The van der Waals surface area contributed by atoms with E-state index in [0.717, 1.165) is 30.2 Å². The second-order valence-electron chi connectivity index (χ2n) is 4.37. The van der Waals surface area contributed by atoms with Crippen molar-refractivity contribution < 1.29 is 0 Å². The molecule has 0 aliphatic carbocycles. The van der Waals surface area contributed by atoms with Crippen molar-refractivity contribution in [2.75, 3.05) is 11.9 Å². The predicted octanol–water partition coefficient (Wildman–Crippen LogP) is 2.41. The van der Waals surface area contributed by atoms with Gasteiger partial charge in [0, 0.05) is 24.5 Å². The van der Waals surface area contributed by atoms with Gasteiger partial charge in [-0.3, -0.25) is 0 Å². The van der Waals surface area contributed by atoms with Gasteiger partial charge in [-0.25, -0.2) is 9.67 Å². The highest BCUT2D eigenvalue weighted by Gasteiger charge is 2.10. The van der Waals surface area contributed by atoms with E-state index in [4.69, 9.17) is 0 Å². The summed E-state index contributed by atoms with van der Waals surface area (Å²) in [6.45, 7) is 9.12. The van der Waals surface area contributed by atoms with E-state index in [1.165, 1.54) is 5.56 Å². The minimum atomic E-state index is 0.652. The van der Waals surface area contributed by atoms with Crippen LogP contribution in [-0.2, 0) is 0 Å². The molecule has 0 saturated carbocycles. The summed E-state index contributed by atoms with van der Waals surface area (Å²) in [5.74, 6) is 1.46. The first kappa shape index (κ1) is 12.5. The van der Waals surface area contributed by atoms with Gasteiger partial charge < -0.3 is 5.32 Å². The zero-order valence-corrected chi connectivity index (χ0v) is 11.4. The quantitative estimate of drug-likeness (QED) is 0.898. The van der Waals surface area contributed by atoms with Crippen LogP contribution in [0.4, 0.5) is 5.95 Å². The number of hydrogen-bond donors (Lipinski definition) is 1. The molecule has 0 saturated heterocycles. The third kappa shape index (κ3) is 2.34. The molecule has 2 heterocycles. The molecule has 0 unspecified atom stereocenters. The predicted molar refractivity (Wildman–Crippen MR) is 72.1 cm³/mol. The van der Waals surface area contributed by atoms with E-state index >= 15 is 0 Å². The second-order valence-corrected chi connectivity index (χ2v) is 4.37. The molecular weight excluding hydrogens is 226 g/mol. The summed E-state index contributed by atoms with van der Waals surface area (Å²) < 4.78 is 1.86. The zero-order chi connectivity index (χ0) is 13.1. The lowest BCUT2D eigenvalue weighted by Gasteiger charge is -2.06. The van der Waals surface area contributed by atoms with E-state index in [9.17, 15) is 0 Å². The maximum Gasteiger partial charge on any atom is 0.224 e. The number of rotatable bonds is 4. The normalized spacial score (nSPS) is 10.7. The van der Waals surface area contributed by atoms with Gasteiger partial charge in [0.2, 0.25) is 5.95 Å². The highest BCUT2D eigenvalue weighted by molar-refractivity contribution is 5.35. The standard InChI is InChI=1S/C13H19N5/c1-5-7-14-13-15-8-6-12(16-13)18-11(4)9(2)10(3)17-18/h6,8H,5,7H2,1-4H3,(H,14,15,16). The van der Waals surface area contributed by atoms with Gasteiger partial charge in [0.05, 0.1) is 5.69 Å². The van der Waals surface area contributed by atoms with Gasteiger partial charge in [0.1, 0.15) is 0 Å². The molecule has 2 aromatic heterocycles. The third-order valence-electron chi connectivity index (χ3n) is 3.04. The molecule has 0 aliphatic heterocycles. The van der Waals surface area contributed by atoms with Gasteiger partial charge in [-0.15, -0.1) is 0 Å². The third-order valence-corrected chi connectivity index (χ3v) is 3.04. The maximum absolute atomic E-state index is 4.50. The number of anilines is 1. The summed E-state index contributed by atoms with van der Waals surface area (Å²) >= 11 is 0. The summed E-state index contributed by atoms with van der Waals surface area (Å²) in [6, 6.07) is 1.87. The largest absolute Gasteiger partial charge is 0.354 e. The Morgan fingerprint density at radius 2 is 2.06 bits per heavy atom. The lowest BCUT2D eigenvalue weighted by atomic mass is 10.2. The van der Waals surface area contributed by atoms with Crippen molar-refractivity contribution in [3.63, 3.8) is 0 Å². The molecular formula is C13H19N5. The van der Waals surface area contributed by atoms with Gasteiger partial charge >= 0.3 is 0 Å². The Morgan fingerprint density at radius 3 is 2.67 bits per heavy atom. The van der Waals surface area contributed by atoms with Crippen LogP contribution in [0.15, 0.2) is 12.3 Å². The SMILES string of the molecule is CCCNc1nccc(-n2nc(C)c(C)c2C)n1. The zero-order valence-electron chi connectivity index (χ0n) is 11.4. The fraction of sp³-hybridized carbons (Fsp3) is 0.462. The van der Waals surface area contributed by atoms with E-state index in [1.807, 2.05) is 17.7 Å². The van der Waals surface area contributed by atoms with Crippen molar-refractivity contribution in [2.45, 2.75) is 34.1 Å². The number of nitrogens with one attached hydrogen (secondary N) is 1. The van der Waals surface area contributed by atoms with Crippen LogP contribution in [0.5, 0.6) is 0 Å². The molecule has 0 spiro atoms. The molecule has 18 heavy (non-hydrogen) atoms. The summed E-state index contributed by atoms with van der Waals surface area (Å²) in [6.07, 6.45) is 2.80. The molecule has 0 bridgehead atoms. The van der Waals surface area contributed by atoms with Crippen LogP contribution in [0.1, 0.15) is 30.3 Å². The van der Waals surface area contributed by atoms with Crippen molar-refractivity contribution in [2.24, 2.45) is 0 Å². The van der Waals surface area contributed by atoms with Crippen molar-refractivity contribution in [1.82, 2.24) is 19.7 Å². The van der Waals surface area contributed by atoms with E-state index < -0.39 is 0 Å². The number of aryl methyl sites for hydroxylation is 1. The first-order chi connectivity index (χ1) is 8.63. The summed E-state index contributed by atoms with van der Waals surface area (Å²) in [4.78, 5) is 8.67. The van der Waals surface area contributed by atoms with Gasteiger partial charge in [0.25, 0.3) is 0 Å². The molecule has 96 valence electrons. The lowest BCUT2D eigenvalue weighted by molar-refractivity contribution is 0.799. The fourth-order valence-electron chi connectivity index (χ4n) is 1.73. The Balaban J connectivity index is 2.35. The van der Waals surface area contributed by atoms with Crippen LogP contribution in [0.2, 0.25) is 0 Å². The van der Waals surface area contributed by atoms with E-state index in [1.54, 1.807) is 6.20 Å². The number of nitrogens with zero attached hydrogens (tertiary/aromatic N) is 4. The van der Waals surface area contributed by atoms with Crippen molar-refractivity contribution in [3.8, 4) is 5.82 Å². The molecule has 0 radical (unpaired) electrons. The molecule has 0 aliphatic rings. The van der Waals surface area contributed by atoms with Gasteiger partial charge in [-0.1, -0.05) is 6.92 Å². The van der Waals surface area contributed by atoms with Crippen LogP contribution in [0, 0.1) is 20.8 Å².